The molecule has 4 rings (SSSR count). The molecule has 1 saturated carbocycles. The zero-order valence-electron chi connectivity index (χ0n) is 13.9. The molecule has 6 heteroatoms. The number of hydrogen-bond acceptors (Lipinski definition) is 5. The predicted octanol–water partition coefficient (Wildman–Crippen LogP) is 2.17. The number of hydrogen-bond donors (Lipinski definition) is 1. The lowest BCUT2D eigenvalue weighted by Gasteiger charge is -2.32. The molecular formula is C18H23N5O. The normalized spacial score (nSPS) is 19.2. The molecule has 0 amide bonds. The summed E-state index contributed by atoms with van der Waals surface area (Å²) in [5.74, 6) is 1.32. The van der Waals surface area contributed by atoms with Crippen LogP contribution in [0.5, 0.6) is 0 Å². The van der Waals surface area contributed by atoms with E-state index in [9.17, 15) is 4.79 Å². The molecule has 126 valence electrons. The molecule has 2 aliphatic rings. The zero-order chi connectivity index (χ0) is 16.4. The molecule has 1 aliphatic carbocycles. The molecule has 0 aromatic carbocycles. The van der Waals surface area contributed by atoms with E-state index in [2.05, 4.69) is 24.8 Å². The lowest BCUT2D eigenvalue weighted by molar-refractivity contribution is 0.185. The van der Waals surface area contributed by atoms with Gasteiger partial charge in [0, 0.05) is 38.4 Å². The van der Waals surface area contributed by atoms with Crippen LogP contribution in [0.3, 0.4) is 0 Å². The second kappa shape index (κ2) is 6.81. The number of nitrogens with zero attached hydrogens (tertiary/aromatic N) is 4. The van der Waals surface area contributed by atoms with Crippen molar-refractivity contribution >= 4 is 0 Å². The van der Waals surface area contributed by atoms with Crippen molar-refractivity contribution in [3.8, 4) is 11.5 Å². The van der Waals surface area contributed by atoms with Crippen LogP contribution in [0.1, 0.15) is 43.4 Å². The minimum atomic E-state index is -0.0333. The second-order valence-electron chi connectivity index (χ2n) is 6.92. The van der Waals surface area contributed by atoms with Gasteiger partial charge in [-0.2, -0.15) is 0 Å². The topological polar surface area (TPSA) is 74.8 Å². The first-order chi connectivity index (χ1) is 11.8. The van der Waals surface area contributed by atoms with E-state index in [4.69, 9.17) is 0 Å². The summed E-state index contributed by atoms with van der Waals surface area (Å²) in [4.78, 5) is 30.7. The Kier molecular flexibility index (Phi) is 4.38. The standard InChI is InChI=1S/C18H23N5O/c24-18-14-12-23(11-13-4-2-1-3-5-13)9-6-15(14)21-17(22-18)16-10-19-7-8-20-16/h7-8,10,13H,1-6,9,11-12H2,(H,21,22,24). The third-order valence-electron chi connectivity index (χ3n) is 5.19. The van der Waals surface area contributed by atoms with Gasteiger partial charge in [-0.3, -0.25) is 14.7 Å². The molecule has 1 fully saturated rings. The summed E-state index contributed by atoms with van der Waals surface area (Å²) in [5.41, 5.74) is 2.32. The van der Waals surface area contributed by atoms with Crippen molar-refractivity contribution in [2.45, 2.75) is 45.1 Å². The summed E-state index contributed by atoms with van der Waals surface area (Å²) in [6.07, 6.45) is 12.5. The minimum absolute atomic E-state index is 0.0333. The molecule has 1 aliphatic heterocycles. The number of nitrogens with one attached hydrogen (secondary N) is 1. The number of aromatic nitrogens is 4. The summed E-state index contributed by atoms with van der Waals surface area (Å²) < 4.78 is 0. The van der Waals surface area contributed by atoms with Crippen LogP contribution < -0.4 is 5.56 Å². The van der Waals surface area contributed by atoms with Crippen LogP contribution in [-0.2, 0) is 13.0 Å². The molecule has 0 radical (unpaired) electrons. The first-order valence-electron chi connectivity index (χ1n) is 8.90. The number of rotatable bonds is 3. The van der Waals surface area contributed by atoms with Crippen LogP contribution in [0.4, 0.5) is 0 Å². The maximum atomic E-state index is 12.5. The average Bonchev–Trinajstić information content (AvgIpc) is 2.64. The maximum absolute atomic E-state index is 12.5. The molecule has 0 saturated heterocycles. The Labute approximate surface area is 141 Å². The van der Waals surface area contributed by atoms with E-state index in [1.54, 1.807) is 18.6 Å². The number of aromatic amines is 1. The fourth-order valence-corrected chi connectivity index (χ4v) is 3.91. The fraction of sp³-hybridized carbons (Fsp3) is 0.556. The summed E-state index contributed by atoms with van der Waals surface area (Å²) in [6, 6.07) is 0. The van der Waals surface area contributed by atoms with E-state index in [1.165, 1.54) is 32.1 Å². The average molecular weight is 325 g/mol. The molecule has 24 heavy (non-hydrogen) atoms. The lowest BCUT2D eigenvalue weighted by atomic mass is 9.88. The molecular weight excluding hydrogens is 302 g/mol. The molecule has 2 aromatic heterocycles. The number of fused-ring (bicyclic) bond motifs is 1. The van der Waals surface area contributed by atoms with Crippen molar-refractivity contribution in [3.63, 3.8) is 0 Å². The predicted molar refractivity (Wildman–Crippen MR) is 91.4 cm³/mol. The SMILES string of the molecule is O=c1[nH]c(-c2cnccn2)nc2c1CN(CC1CCCCC1)CC2. The lowest BCUT2D eigenvalue weighted by Crippen LogP contribution is -2.38. The van der Waals surface area contributed by atoms with Crippen LogP contribution in [0.15, 0.2) is 23.4 Å². The highest BCUT2D eigenvalue weighted by molar-refractivity contribution is 5.47. The highest BCUT2D eigenvalue weighted by Gasteiger charge is 2.24. The molecule has 0 bridgehead atoms. The van der Waals surface area contributed by atoms with Crippen molar-refractivity contribution in [2.75, 3.05) is 13.1 Å². The third-order valence-corrected chi connectivity index (χ3v) is 5.19. The Morgan fingerprint density at radius 2 is 2.08 bits per heavy atom. The van der Waals surface area contributed by atoms with Crippen LogP contribution in [-0.4, -0.2) is 37.9 Å². The molecule has 3 heterocycles. The van der Waals surface area contributed by atoms with Gasteiger partial charge in [-0.25, -0.2) is 9.97 Å². The van der Waals surface area contributed by atoms with Gasteiger partial charge in [0.05, 0.1) is 17.5 Å². The maximum Gasteiger partial charge on any atom is 0.255 e. The molecule has 0 unspecified atom stereocenters. The quantitative estimate of drug-likeness (QED) is 0.936. The number of H-pyrrole nitrogens is 1. The van der Waals surface area contributed by atoms with Crippen LogP contribution in [0.25, 0.3) is 11.5 Å². The van der Waals surface area contributed by atoms with Crippen molar-refractivity contribution < 1.29 is 0 Å². The Bertz CT molecular complexity index is 752. The van der Waals surface area contributed by atoms with Crippen LogP contribution in [0.2, 0.25) is 0 Å². The van der Waals surface area contributed by atoms with Gasteiger partial charge in [-0.15, -0.1) is 0 Å². The Hall–Kier alpha value is -2.08. The van der Waals surface area contributed by atoms with E-state index in [1.807, 2.05) is 0 Å². The summed E-state index contributed by atoms with van der Waals surface area (Å²) in [5, 5.41) is 0. The van der Waals surface area contributed by atoms with E-state index in [0.717, 1.165) is 43.2 Å². The van der Waals surface area contributed by atoms with Crippen molar-refractivity contribution in [3.05, 3.63) is 40.2 Å². The molecule has 6 nitrogen and oxygen atoms in total. The van der Waals surface area contributed by atoms with Crippen molar-refractivity contribution in [1.29, 1.82) is 0 Å². The van der Waals surface area contributed by atoms with E-state index in [0.29, 0.717) is 11.5 Å². The Balaban J connectivity index is 1.53. The van der Waals surface area contributed by atoms with Gasteiger partial charge < -0.3 is 4.98 Å². The largest absolute Gasteiger partial charge is 0.305 e. The van der Waals surface area contributed by atoms with Gasteiger partial charge in [0.15, 0.2) is 5.82 Å². The smallest absolute Gasteiger partial charge is 0.255 e. The van der Waals surface area contributed by atoms with Crippen molar-refractivity contribution in [1.82, 2.24) is 24.8 Å². The van der Waals surface area contributed by atoms with Crippen LogP contribution >= 0.6 is 0 Å². The highest BCUT2D eigenvalue weighted by atomic mass is 16.1. The minimum Gasteiger partial charge on any atom is -0.305 e. The van der Waals surface area contributed by atoms with Gasteiger partial charge in [0.1, 0.15) is 5.69 Å². The molecule has 2 aromatic rings. The summed E-state index contributed by atoms with van der Waals surface area (Å²) in [6.45, 7) is 2.82. The Morgan fingerprint density at radius 3 is 2.88 bits per heavy atom. The zero-order valence-corrected chi connectivity index (χ0v) is 13.9. The summed E-state index contributed by atoms with van der Waals surface area (Å²) in [7, 11) is 0. The first kappa shape index (κ1) is 15.4. The molecule has 0 atom stereocenters. The monoisotopic (exact) mass is 325 g/mol. The second-order valence-corrected chi connectivity index (χ2v) is 6.92. The highest BCUT2D eigenvalue weighted by Crippen LogP contribution is 2.26. The van der Waals surface area contributed by atoms with Gasteiger partial charge >= 0.3 is 0 Å². The summed E-state index contributed by atoms with van der Waals surface area (Å²) >= 11 is 0. The van der Waals surface area contributed by atoms with Gasteiger partial charge in [-0.1, -0.05) is 19.3 Å². The van der Waals surface area contributed by atoms with E-state index >= 15 is 0 Å². The van der Waals surface area contributed by atoms with E-state index < -0.39 is 0 Å². The van der Waals surface area contributed by atoms with Crippen LogP contribution in [0, 0.1) is 5.92 Å². The molecule has 0 spiro atoms. The first-order valence-corrected chi connectivity index (χ1v) is 8.90. The van der Waals surface area contributed by atoms with Gasteiger partial charge in [0.25, 0.3) is 5.56 Å². The fourth-order valence-electron chi connectivity index (χ4n) is 3.91. The van der Waals surface area contributed by atoms with Gasteiger partial charge in [-0.05, 0) is 18.8 Å². The Morgan fingerprint density at radius 1 is 1.21 bits per heavy atom. The molecule has 1 N–H and O–H groups in total. The van der Waals surface area contributed by atoms with Crippen molar-refractivity contribution in [2.24, 2.45) is 5.92 Å². The third kappa shape index (κ3) is 3.24. The van der Waals surface area contributed by atoms with Gasteiger partial charge in [0.2, 0.25) is 0 Å². The van der Waals surface area contributed by atoms with E-state index in [-0.39, 0.29) is 5.56 Å².